The van der Waals surface area contributed by atoms with E-state index in [1.807, 2.05) is 50.2 Å². The molecule has 0 spiro atoms. The third-order valence-electron chi connectivity index (χ3n) is 6.99. The smallest absolute Gasteiger partial charge is 0.380 e. The molecule has 0 N–H and O–H groups in total. The molecule has 0 aliphatic heterocycles. The molecule has 0 bridgehead atoms. The van der Waals surface area contributed by atoms with Crippen molar-refractivity contribution in [3.63, 3.8) is 0 Å². The molecule has 3 atom stereocenters. The number of carbonyl (C=O) groups is 1. The highest BCUT2D eigenvalue weighted by molar-refractivity contribution is 8.07. The number of rotatable bonds is 11. The van der Waals surface area contributed by atoms with Gasteiger partial charge in [-0.1, -0.05) is 67.4 Å². The molecule has 45 heavy (non-hydrogen) atoms. The maximum absolute atomic E-state index is 12.6. The summed E-state index contributed by atoms with van der Waals surface area (Å²) in [6.45, 7) is 2.69. The van der Waals surface area contributed by atoms with E-state index in [1.54, 1.807) is 37.3 Å². The van der Waals surface area contributed by atoms with Crippen LogP contribution in [0.1, 0.15) is 31.1 Å². The number of ether oxygens (including phenoxy) is 2. The van der Waals surface area contributed by atoms with Crippen LogP contribution in [0.5, 0.6) is 17.2 Å². The monoisotopic (exact) mass is 692 g/mol. The molecule has 14 heteroatoms. The molecule has 1 fully saturated rings. The molecule has 3 aromatic rings. The average molecular weight is 694 g/mol. The topological polar surface area (TPSA) is 130 Å². The normalized spacial score (nSPS) is 16.9. The fraction of sp³-hybridized carbons (Fsp3) is 0.290. The van der Waals surface area contributed by atoms with Gasteiger partial charge >= 0.3 is 12.7 Å². The molecule has 1 aliphatic rings. The summed E-state index contributed by atoms with van der Waals surface area (Å²) in [5.41, 5.74) is 0.747. The molecule has 4 rings (SSSR count). The van der Waals surface area contributed by atoms with Crippen molar-refractivity contribution in [2.24, 2.45) is 17.3 Å². The number of nitriles is 1. The number of aryl methyl sites for hydroxylation is 1. The zero-order valence-electron chi connectivity index (χ0n) is 25.0. The van der Waals surface area contributed by atoms with E-state index in [4.69, 9.17) is 58.1 Å². The van der Waals surface area contributed by atoms with Gasteiger partial charge < -0.3 is 23.0 Å². The van der Waals surface area contributed by atoms with E-state index in [9.17, 15) is 20.2 Å². The molecular formula is C31H31Cl2N2O8PS. The van der Waals surface area contributed by atoms with E-state index >= 15 is 0 Å². The predicted molar refractivity (Wildman–Crippen MR) is 175 cm³/mol. The number of allylic oxidation sites excluding steroid dienone is 1. The Morgan fingerprint density at radius 2 is 1.69 bits per heavy atom. The Labute approximate surface area is 276 Å². The van der Waals surface area contributed by atoms with E-state index in [0.717, 1.165) is 0 Å². The quantitative estimate of drug-likeness (QED) is 0.0830. The molecule has 0 saturated heterocycles. The molecule has 1 saturated carbocycles. The van der Waals surface area contributed by atoms with E-state index in [2.05, 4.69) is 0 Å². The minimum absolute atomic E-state index is 0.0282. The minimum Gasteiger partial charge on any atom is -0.457 e. The number of nitro groups is 1. The lowest BCUT2D eigenvalue weighted by Crippen LogP contribution is -2.14. The Morgan fingerprint density at radius 3 is 2.24 bits per heavy atom. The summed E-state index contributed by atoms with van der Waals surface area (Å²) >= 11 is 16.5. The molecular weight excluding hydrogens is 662 g/mol. The van der Waals surface area contributed by atoms with Crippen LogP contribution in [0.25, 0.3) is 0 Å². The number of hydrogen-bond donors (Lipinski definition) is 0. The van der Waals surface area contributed by atoms with Crippen LogP contribution in [0.15, 0.2) is 83.4 Å². The zero-order chi connectivity index (χ0) is 33.4. The van der Waals surface area contributed by atoms with Gasteiger partial charge in [0.25, 0.3) is 5.69 Å². The summed E-state index contributed by atoms with van der Waals surface area (Å²) < 4.78 is 26.7. The molecule has 0 radical (unpaired) electrons. The summed E-state index contributed by atoms with van der Waals surface area (Å²) in [6.07, 6.45) is 0.615. The van der Waals surface area contributed by atoms with Gasteiger partial charge in [0.05, 0.1) is 10.8 Å². The Hall–Kier alpha value is -3.49. The summed E-state index contributed by atoms with van der Waals surface area (Å²) in [6, 6.07) is 22.6. The second-order valence-corrected chi connectivity index (χ2v) is 14.5. The van der Waals surface area contributed by atoms with E-state index in [-0.39, 0.29) is 27.4 Å². The molecule has 0 aromatic heterocycles. The Bertz CT molecular complexity index is 1640. The first-order valence-electron chi connectivity index (χ1n) is 13.4. The number of benzene rings is 3. The third kappa shape index (κ3) is 9.75. The van der Waals surface area contributed by atoms with Gasteiger partial charge in [0, 0.05) is 43.2 Å². The largest absolute Gasteiger partial charge is 0.457 e. The second-order valence-electron chi connectivity index (χ2n) is 10.3. The first-order chi connectivity index (χ1) is 21.2. The van der Waals surface area contributed by atoms with Crippen LogP contribution in [0.3, 0.4) is 0 Å². The van der Waals surface area contributed by atoms with Crippen molar-refractivity contribution in [3.05, 3.63) is 105 Å². The lowest BCUT2D eigenvalue weighted by molar-refractivity contribution is -0.385. The van der Waals surface area contributed by atoms with Gasteiger partial charge in [-0.3, -0.25) is 14.9 Å². The first kappa shape index (κ1) is 36.0. The van der Waals surface area contributed by atoms with Crippen LogP contribution in [0.4, 0.5) is 5.69 Å². The molecule has 3 aromatic carbocycles. The Morgan fingerprint density at radius 1 is 1.04 bits per heavy atom. The van der Waals surface area contributed by atoms with Gasteiger partial charge in [0.15, 0.2) is 0 Å². The van der Waals surface area contributed by atoms with Gasteiger partial charge in [-0.25, -0.2) is 0 Å². The summed E-state index contributed by atoms with van der Waals surface area (Å²) in [5, 5.41) is 20.2. The van der Waals surface area contributed by atoms with Gasteiger partial charge in [-0.05, 0) is 60.7 Å². The Balaban J connectivity index is 0.000000279. The number of esters is 1. The number of nitrogens with zero attached hydrogens (tertiary/aromatic N) is 2. The number of hydrogen-bond acceptors (Lipinski definition) is 10. The zero-order valence-corrected chi connectivity index (χ0v) is 28.2. The lowest BCUT2D eigenvalue weighted by atomic mass is 10.1. The van der Waals surface area contributed by atoms with Crippen LogP contribution >= 0.6 is 29.9 Å². The third-order valence-corrected chi connectivity index (χ3v) is 9.69. The summed E-state index contributed by atoms with van der Waals surface area (Å²) in [5.74, 6) is 0.678. The molecule has 3 unspecified atom stereocenters. The minimum atomic E-state index is -2.80. The lowest BCUT2D eigenvalue weighted by Gasteiger charge is -2.18. The van der Waals surface area contributed by atoms with Crippen LogP contribution < -0.4 is 9.26 Å². The van der Waals surface area contributed by atoms with E-state index in [1.165, 1.54) is 32.4 Å². The van der Waals surface area contributed by atoms with Gasteiger partial charge in [-0.15, -0.1) is 0 Å². The average Bonchev–Trinajstić information content (AvgIpc) is 3.54. The van der Waals surface area contributed by atoms with Crippen molar-refractivity contribution in [2.75, 3.05) is 14.2 Å². The molecule has 10 nitrogen and oxygen atoms in total. The predicted octanol–water partition coefficient (Wildman–Crippen LogP) is 8.98. The van der Waals surface area contributed by atoms with E-state index < -0.39 is 23.7 Å². The summed E-state index contributed by atoms with van der Waals surface area (Å²) in [7, 11) is 2.78. The van der Waals surface area contributed by atoms with Crippen LogP contribution in [0, 0.1) is 45.6 Å². The van der Waals surface area contributed by atoms with Crippen molar-refractivity contribution in [2.45, 2.75) is 26.9 Å². The van der Waals surface area contributed by atoms with Crippen molar-refractivity contribution >= 4 is 53.4 Å². The van der Waals surface area contributed by atoms with Crippen LogP contribution in [-0.4, -0.2) is 25.1 Å². The van der Waals surface area contributed by atoms with Gasteiger partial charge in [0.2, 0.25) is 6.10 Å². The summed E-state index contributed by atoms with van der Waals surface area (Å²) in [4.78, 5) is 22.8. The van der Waals surface area contributed by atoms with Crippen LogP contribution in [-0.2, 0) is 30.4 Å². The van der Waals surface area contributed by atoms with Gasteiger partial charge in [0.1, 0.15) is 27.8 Å². The van der Waals surface area contributed by atoms with E-state index in [0.29, 0.717) is 28.4 Å². The molecule has 1 aliphatic carbocycles. The standard InChI is InChI=1S/C22H19Cl2NO3.C9H12NO5PS/c1-22(2)17(12-19(23)24)20(22)21(26)28-18(13-25)14-7-6-10-16(11-14)27-15-8-4-3-5-9-15;1-7-6-8(4-5-9(7)10(11)12)15-16(17,13-2)14-3/h3-12,17-18,20H,1-2H3;4-6H,1-3H3. The Kier molecular flexibility index (Phi) is 12.5. The second kappa shape index (κ2) is 15.7. The van der Waals surface area contributed by atoms with Gasteiger partial charge in [-0.2, -0.15) is 5.26 Å². The number of nitro benzene ring substituents is 1. The number of halogens is 2. The fourth-order valence-corrected chi connectivity index (χ4v) is 5.67. The highest BCUT2D eigenvalue weighted by Crippen LogP contribution is 2.60. The fourth-order valence-electron chi connectivity index (χ4n) is 4.47. The maximum atomic E-state index is 12.6. The van der Waals surface area contributed by atoms with Crippen molar-refractivity contribution in [3.8, 4) is 23.3 Å². The van der Waals surface area contributed by atoms with Crippen LogP contribution in [0.2, 0.25) is 0 Å². The number of carbonyl (C=O) groups excluding carboxylic acids is 1. The maximum Gasteiger partial charge on any atom is 0.380 e. The van der Waals surface area contributed by atoms with Crippen molar-refractivity contribution < 1.29 is 32.8 Å². The highest BCUT2D eigenvalue weighted by atomic mass is 35.5. The molecule has 0 heterocycles. The van der Waals surface area contributed by atoms with Crippen molar-refractivity contribution in [1.29, 1.82) is 5.26 Å². The highest BCUT2D eigenvalue weighted by Gasteiger charge is 2.62. The first-order valence-corrected chi connectivity index (χ1v) is 16.7. The molecule has 238 valence electrons. The van der Waals surface area contributed by atoms with Crippen molar-refractivity contribution in [1.82, 2.24) is 0 Å². The SMILES string of the molecule is CC1(C)C(C=C(Cl)Cl)C1C(=O)OC(C#N)c1cccc(Oc2ccccc2)c1.COP(=S)(OC)Oc1ccc([N+](=O)[O-])c(C)c1. The number of para-hydroxylation sites is 1. The molecule has 0 amide bonds.